The molecule has 1 saturated heterocycles. The van der Waals surface area contributed by atoms with Crippen LogP contribution in [0.25, 0.3) is 0 Å². The molecule has 1 fully saturated rings. The Morgan fingerprint density at radius 1 is 1.33 bits per heavy atom. The van der Waals surface area contributed by atoms with Gasteiger partial charge in [-0.3, -0.25) is 0 Å². The van der Waals surface area contributed by atoms with Crippen LogP contribution < -0.4 is 10.6 Å². The molecule has 1 heterocycles. The fourth-order valence-electron chi connectivity index (χ4n) is 2.07. The van der Waals surface area contributed by atoms with E-state index in [1.54, 1.807) is 0 Å². The van der Waals surface area contributed by atoms with Gasteiger partial charge >= 0.3 is 12.0 Å². The van der Waals surface area contributed by atoms with E-state index in [1.807, 2.05) is 0 Å². The molecular formula is C13H14BrFN2O4. The van der Waals surface area contributed by atoms with Gasteiger partial charge in [-0.25, -0.2) is 14.0 Å². The standard InChI is InChI=1S/C13H14BrFN2O4/c14-9-7-8(1-2-10(9)15)16-12(20)17-13(11(18)19)3-5-21-6-4-13/h1-2,7H,3-6H2,(H,18,19)(H2,16,17,20). The number of carbonyl (C=O) groups is 2. The molecule has 2 rings (SSSR count). The second-order valence-corrected chi connectivity index (χ2v) is 5.56. The summed E-state index contributed by atoms with van der Waals surface area (Å²) in [7, 11) is 0. The van der Waals surface area contributed by atoms with E-state index in [0.29, 0.717) is 5.69 Å². The van der Waals surface area contributed by atoms with Gasteiger partial charge in [-0.05, 0) is 34.1 Å². The molecule has 1 aromatic rings. The summed E-state index contributed by atoms with van der Waals surface area (Å²) in [6.07, 6.45) is 0.395. The summed E-state index contributed by atoms with van der Waals surface area (Å²) in [4.78, 5) is 23.4. The zero-order chi connectivity index (χ0) is 15.5. The molecular weight excluding hydrogens is 347 g/mol. The maximum Gasteiger partial charge on any atom is 0.329 e. The van der Waals surface area contributed by atoms with Crippen molar-refractivity contribution in [2.75, 3.05) is 18.5 Å². The van der Waals surface area contributed by atoms with E-state index in [1.165, 1.54) is 18.2 Å². The van der Waals surface area contributed by atoms with E-state index < -0.39 is 23.4 Å². The Kier molecular flexibility index (Phi) is 4.79. The van der Waals surface area contributed by atoms with Crippen molar-refractivity contribution in [2.45, 2.75) is 18.4 Å². The van der Waals surface area contributed by atoms with Gasteiger partial charge in [0.2, 0.25) is 0 Å². The Hall–Kier alpha value is -1.67. The van der Waals surface area contributed by atoms with Gasteiger partial charge in [0.1, 0.15) is 11.4 Å². The Morgan fingerprint density at radius 2 is 2.00 bits per heavy atom. The van der Waals surface area contributed by atoms with Gasteiger partial charge in [0.05, 0.1) is 4.47 Å². The van der Waals surface area contributed by atoms with E-state index in [4.69, 9.17) is 4.74 Å². The maximum atomic E-state index is 13.1. The molecule has 2 amide bonds. The number of carbonyl (C=O) groups excluding carboxylic acids is 1. The summed E-state index contributed by atoms with van der Waals surface area (Å²) in [6, 6.07) is 3.32. The minimum absolute atomic E-state index is 0.197. The molecule has 8 heteroatoms. The first-order valence-electron chi connectivity index (χ1n) is 6.28. The average molecular weight is 361 g/mol. The quantitative estimate of drug-likeness (QED) is 0.771. The van der Waals surface area contributed by atoms with Gasteiger partial charge in [0.15, 0.2) is 0 Å². The Bertz CT molecular complexity index is 561. The summed E-state index contributed by atoms with van der Waals surface area (Å²) < 4.78 is 18.4. The lowest BCUT2D eigenvalue weighted by molar-refractivity contribution is -0.148. The van der Waals surface area contributed by atoms with E-state index in [-0.39, 0.29) is 30.5 Å². The minimum Gasteiger partial charge on any atom is -0.480 e. The fraction of sp³-hybridized carbons (Fsp3) is 0.385. The first kappa shape index (κ1) is 15.7. The summed E-state index contributed by atoms with van der Waals surface area (Å²) in [6.45, 7) is 0.545. The molecule has 0 saturated carbocycles. The molecule has 0 spiro atoms. The number of urea groups is 1. The van der Waals surface area contributed by atoms with Gasteiger partial charge < -0.3 is 20.5 Å². The lowest BCUT2D eigenvalue weighted by Crippen LogP contribution is -2.58. The van der Waals surface area contributed by atoms with Crippen molar-refractivity contribution in [1.82, 2.24) is 5.32 Å². The number of nitrogens with one attached hydrogen (secondary N) is 2. The molecule has 0 aromatic heterocycles. The van der Waals surface area contributed by atoms with Gasteiger partial charge in [0.25, 0.3) is 0 Å². The molecule has 0 unspecified atom stereocenters. The van der Waals surface area contributed by atoms with Crippen LogP contribution in [-0.4, -0.2) is 35.9 Å². The third kappa shape index (κ3) is 3.70. The number of rotatable bonds is 3. The summed E-state index contributed by atoms with van der Waals surface area (Å²) >= 11 is 3.01. The minimum atomic E-state index is -1.33. The van der Waals surface area contributed by atoms with Crippen molar-refractivity contribution in [3.8, 4) is 0 Å². The SMILES string of the molecule is O=C(Nc1ccc(F)c(Br)c1)NC1(C(=O)O)CCOCC1. The third-order valence-corrected chi connectivity index (χ3v) is 3.89. The molecule has 3 N–H and O–H groups in total. The lowest BCUT2D eigenvalue weighted by Gasteiger charge is -2.33. The fourth-order valence-corrected chi connectivity index (χ4v) is 2.44. The van der Waals surface area contributed by atoms with Crippen molar-refractivity contribution in [3.63, 3.8) is 0 Å². The molecule has 0 atom stereocenters. The molecule has 1 aliphatic rings. The predicted molar refractivity (Wildman–Crippen MR) is 76.7 cm³/mol. The van der Waals surface area contributed by atoms with Crippen molar-refractivity contribution < 1.29 is 23.8 Å². The molecule has 6 nitrogen and oxygen atoms in total. The van der Waals surface area contributed by atoms with E-state index in [2.05, 4.69) is 26.6 Å². The molecule has 21 heavy (non-hydrogen) atoms. The number of halogens is 2. The number of benzene rings is 1. The lowest BCUT2D eigenvalue weighted by atomic mass is 9.90. The third-order valence-electron chi connectivity index (χ3n) is 3.29. The molecule has 114 valence electrons. The van der Waals surface area contributed by atoms with Crippen LogP contribution in [0.3, 0.4) is 0 Å². The highest BCUT2D eigenvalue weighted by atomic mass is 79.9. The smallest absolute Gasteiger partial charge is 0.329 e. The number of aliphatic carboxylic acids is 1. The first-order valence-corrected chi connectivity index (χ1v) is 7.08. The zero-order valence-corrected chi connectivity index (χ0v) is 12.6. The van der Waals surface area contributed by atoms with Crippen molar-refractivity contribution in [2.24, 2.45) is 0 Å². The maximum absolute atomic E-state index is 13.1. The Labute approximate surface area is 128 Å². The molecule has 0 bridgehead atoms. The number of carboxylic acids is 1. The van der Waals surface area contributed by atoms with E-state index >= 15 is 0 Å². The van der Waals surface area contributed by atoms with Crippen LogP contribution in [0.4, 0.5) is 14.9 Å². The van der Waals surface area contributed by atoms with Crippen LogP contribution in [0.5, 0.6) is 0 Å². The second-order valence-electron chi connectivity index (χ2n) is 4.71. The van der Waals surface area contributed by atoms with E-state index in [9.17, 15) is 19.1 Å². The van der Waals surface area contributed by atoms with Crippen LogP contribution in [0.15, 0.2) is 22.7 Å². The Balaban J connectivity index is 2.05. The van der Waals surface area contributed by atoms with Gasteiger partial charge in [-0.2, -0.15) is 0 Å². The number of carboxylic acid groups (broad SMARTS) is 1. The average Bonchev–Trinajstić information content (AvgIpc) is 2.43. The van der Waals surface area contributed by atoms with Crippen LogP contribution in [-0.2, 0) is 9.53 Å². The van der Waals surface area contributed by atoms with E-state index in [0.717, 1.165) is 0 Å². The molecule has 0 radical (unpaired) electrons. The zero-order valence-electron chi connectivity index (χ0n) is 11.0. The molecule has 1 aliphatic heterocycles. The summed E-state index contributed by atoms with van der Waals surface area (Å²) in [5.74, 6) is -1.55. The first-order chi connectivity index (χ1) is 9.93. The summed E-state index contributed by atoms with van der Waals surface area (Å²) in [5.41, 5.74) is -0.979. The normalized spacial score (nSPS) is 17.0. The van der Waals surface area contributed by atoms with Crippen LogP contribution in [0, 0.1) is 5.82 Å². The number of amides is 2. The number of hydrogen-bond acceptors (Lipinski definition) is 3. The predicted octanol–water partition coefficient (Wildman–Crippen LogP) is 2.34. The van der Waals surface area contributed by atoms with Gasteiger partial charge in [0, 0.05) is 31.7 Å². The van der Waals surface area contributed by atoms with Gasteiger partial charge in [-0.1, -0.05) is 0 Å². The van der Waals surface area contributed by atoms with Crippen LogP contribution in [0.2, 0.25) is 0 Å². The number of anilines is 1. The topological polar surface area (TPSA) is 87.7 Å². The number of hydrogen-bond donors (Lipinski definition) is 3. The second kappa shape index (κ2) is 6.40. The summed E-state index contributed by atoms with van der Waals surface area (Å²) in [5, 5.41) is 14.3. The van der Waals surface area contributed by atoms with Crippen molar-refractivity contribution in [1.29, 1.82) is 0 Å². The largest absolute Gasteiger partial charge is 0.480 e. The van der Waals surface area contributed by atoms with Crippen LogP contribution in [0.1, 0.15) is 12.8 Å². The number of ether oxygens (including phenoxy) is 1. The molecule has 0 aliphatic carbocycles. The van der Waals surface area contributed by atoms with Crippen molar-refractivity contribution >= 4 is 33.6 Å². The van der Waals surface area contributed by atoms with Gasteiger partial charge in [-0.15, -0.1) is 0 Å². The Morgan fingerprint density at radius 3 is 2.57 bits per heavy atom. The molecule has 1 aromatic carbocycles. The highest BCUT2D eigenvalue weighted by Crippen LogP contribution is 2.23. The highest BCUT2D eigenvalue weighted by molar-refractivity contribution is 9.10. The monoisotopic (exact) mass is 360 g/mol. The van der Waals surface area contributed by atoms with Crippen molar-refractivity contribution in [3.05, 3.63) is 28.5 Å². The highest BCUT2D eigenvalue weighted by Gasteiger charge is 2.41. The van der Waals surface area contributed by atoms with Crippen LogP contribution >= 0.6 is 15.9 Å².